The Balaban J connectivity index is 0.00000144. The van der Waals surface area contributed by atoms with E-state index in [1.54, 1.807) is 6.07 Å². The zero-order valence-electron chi connectivity index (χ0n) is 8.69. The highest BCUT2D eigenvalue weighted by atomic mass is 35.5. The second-order valence-corrected chi connectivity index (χ2v) is 4.69. The normalized spacial score (nSPS) is 10.0. The van der Waals surface area contributed by atoms with Gasteiger partial charge in [-0.25, -0.2) is 0 Å². The van der Waals surface area contributed by atoms with Crippen LogP contribution in [0.5, 0.6) is 0 Å². The molecule has 17 heavy (non-hydrogen) atoms. The van der Waals surface area contributed by atoms with Crippen molar-refractivity contribution < 1.29 is 0 Å². The molecule has 1 aromatic heterocycles. The molecule has 7 heteroatoms. The van der Waals surface area contributed by atoms with E-state index in [2.05, 4.69) is 14.9 Å². The van der Waals surface area contributed by atoms with E-state index in [1.165, 1.54) is 11.5 Å². The first-order valence-electron chi connectivity index (χ1n) is 4.66. The molecule has 1 aromatic carbocycles. The number of rotatable bonds is 4. The van der Waals surface area contributed by atoms with Gasteiger partial charge in [0.1, 0.15) is 0 Å². The van der Waals surface area contributed by atoms with Crippen LogP contribution in [0, 0.1) is 0 Å². The van der Waals surface area contributed by atoms with E-state index in [-0.39, 0.29) is 12.4 Å². The topological polar surface area (TPSA) is 37.8 Å². The third-order valence-electron chi connectivity index (χ3n) is 2.04. The van der Waals surface area contributed by atoms with Gasteiger partial charge < -0.3 is 5.32 Å². The third-order valence-corrected chi connectivity index (χ3v) is 3.18. The van der Waals surface area contributed by atoms with Gasteiger partial charge in [0, 0.05) is 28.5 Å². The van der Waals surface area contributed by atoms with Crippen LogP contribution in [0.1, 0.15) is 11.3 Å². The highest BCUT2D eigenvalue weighted by Crippen LogP contribution is 2.20. The number of nitrogens with zero attached hydrogens (tertiary/aromatic N) is 2. The van der Waals surface area contributed by atoms with Crippen LogP contribution in [0.3, 0.4) is 0 Å². The summed E-state index contributed by atoms with van der Waals surface area (Å²) in [6.07, 6.45) is 0. The van der Waals surface area contributed by atoms with Crippen molar-refractivity contribution in [2.75, 3.05) is 0 Å². The molecule has 92 valence electrons. The molecule has 0 fully saturated rings. The maximum absolute atomic E-state index is 6.04. The number of aromatic nitrogens is 2. The number of halogens is 3. The Bertz CT molecular complexity index is 462. The number of hydrogen-bond acceptors (Lipinski definition) is 4. The molecule has 0 aliphatic heterocycles. The number of benzene rings is 1. The third kappa shape index (κ3) is 4.41. The molecule has 0 saturated heterocycles. The van der Waals surface area contributed by atoms with E-state index >= 15 is 0 Å². The van der Waals surface area contributed by atoms with Gasteiger partial charge in [-0.15, -0.1) is 17.5 Å². The van der Waals surface area contributed by atoms with E-state index in [4.69, 9.17) is 23.2 Å². The molecular formula is C10H10Cl3N3S. The summed E-state index contributed by atoms with van der Waals surface area (Å²) in [7, 11) is 0. The second-order valence-electron chi connectivity index (χ2n) is 3.24. The average Bonchev–Trinajstić information content (AvgIpc) is 2.74. The summed E-state index contributed by atoms with van der Waals surface area (Å²) in [5.41, 5.74) is 1.96. The molecule has 0 spiro atoms. The maximum atomic E-state index is 6.04. The maximum Gasteiger partial charge on any atom is 0.0893 e. The van der Waals surface area contributed by atoms with Gasteiger partial charge in [-0.2, -0.15) is 0 Å². The monoisotopic (exact) mass is 309 g/mol. The summed E-state index contributed by atoms with van der Waals surface area (Å²) in [6, 6.07) is 5.48. The van der Waals surface area contributed by atoms with Gasteiger partial charge in [0.15, 0.2) is 0 Å². The second kappa shape index (κ2) is 7.13. The van der Waals surface area contributed by atoms with E-state index in [0.29, 0.717) is 23.1 Å². The van der Waals surface area contributed by atoms with Crippen LogP contribution < -0.4 is 5.32 Å². The number of hydrogen-bond donors (Lipinski definition) is 1. The Morgan fingerprint density at radius 3 is 2.71 bits per heavy atom. The van der Waals surface area contributed by atoms with E-state index in [9.17, 15) is 0 Å². The van der Waals surface area contributed by atoms with Crippen molar-refractivity contribution in [2.45, 2.75) is 13.1 Å². The molecule has 2 aromatic rings. The predicted molar refractivity (Wildman–Crippen MR) is 74.2 cm³/mol. The predicted octanol–water partition coefficient (Wildman–Crippen LogP) is 3.56. The summed E-state index contributed by atoms with van der Waals surface area (Å²) < 4.78 is 3.79. The molecule has 0 atom stereocenters. The summed E-state index contributed by atoms with van der Waals surface area (Å²) in [5.74, 6) is 0. The molecule has 1 heterocycles. The van der Waals surface area contributed by atoms with Crippen molar-refractivity contribution in [1.29, 1.82) is 0 Å². The first kappa shape index (κ1) is 14.7. The van der Waals surface area contributed by atoms with Crippen molar-refractivity contribution in [1.82, 2.24) is 14.9 Å². The highest BCUT2D eigenvalue weighted by molar-refractivity contribution is 7.03. The minimum Gasteiger partial charge on any atom is -0.307 e. The molecular weight excluding hydrogens is 301 g/mol. The molecule has 0 aliphatic carbocycles. The van der Waals surface area contributed by atoms with Crippen LogP contribution in [-0.2, 0) is 13.1 Å². The van der Waals surface area contributed by atoms with Crippen LogP contribution in [0.15, 0.2) is 23.6 Å². The van der Waals surface area contributed by atoms with E-state index in [0.717, 1.165) is 11.3 Å². The Kier molecular flexibility index (Phi) is 6.16. The van der Waals surface area contributed by atoms with E-state index < -0.39 is 0 Å². The first-order chi connectivity index (χ1) is 7.75. The van der Waals surface area contributed by atoms with Gasteiger partial charge in [-0.1, -0.05) is 33.8 Å². The van der Waals surface area contributed by atoms with Crippen molar-refractivity contribution >= 4 is 47.1 Å². The summed E-state index contributed by atoms with van der Waals surface area (Å²) in [6.45, 7) is 1.38. The molecule has 0 aliphatic rings. The fourth-order valence-electron chi connectivity index (χ4n) is 1.25. The zero-order chi connectivity index (χ0) is 11.4. The molecule has 0 unspecified atom stereocenters. The van der Waals surface area contributed by atoms with Crippen molar-refractivity contribution in [3.63, 3.8) is 0 Å². The lowest BCUT2D eigenvalue weighted by Gasteiger charge is -2.05. The quantitative estimate of drug-likeness (QED) is 0.938. The van der Waals surface area contributed by atoms with Crippen LogP contribution in [-0.4, -0.2) is 9.59 Å². The smallest absolute Gasteiger partial charge is 0.0893 e. The van der Waals surface area contributed by atoms with Crippen molar-refractivity contribution in [3.8, 4) is 0 Å². The van der Waals surface area contributed by atoms with Gasteiger partial charge in [-0.05, 0) is 29.2 Å². The molecule has 0 bridgehead atoms. The Hall–Kier alpha value is -0.390. The Morgan fingerprint density at radius 1 is 1.24 bits per heavy atom. The van der Waals surface area contributed by atoms with Crippen LogP contribution >= 0.6 is 47.1 Å². The molecule has 3 nitrogen and oxygen atoms in total. The summed E-state index contributed by atoms with van der Waals surface area (Å²) in [5, 5.41) is 10.4. The van der Waals surface area contributed by atoms with Crippen molar-refractivity contribution in [2.24, 2.45) is 0 Å². The number of nitrogens with one attached hydrogen (secondary N) is 1. The van der Waals surface area contributed by atoms with Crippen molar-refractivity contribution in [3.05, 3.63) is 44.9 Å². The van der Waals surface area contributed by atoms with Gasteiger partial charge in [-0.3, -0.25) is 0 Å². The fraction of sp³-hybridized carbons (Fsp3) is 0.200. The lowest BCUT2D eigenvalue weighted by atomic mass is 10.2. The lowest BCUT2D eigenvalue weighted by molar-refractivity contribution is 0.677. The highest BCUT2D eigenvalue weighted by Gasteiger charge is 2.01. The van der Waals surface area contributed by atoms with Crippen LogP contribution in [0.25, 0.3) is 0 Å². The SMILES string of the molecule is Cl.Clc1ccc(CNCc2csnn2)c(Cl)c1. The largest absolute Gasteiger partial charge is 0.307 e. The molecule has 1 N–H and O–H groups in total. The van der Waals surface area contributed by atoms with Gasteiger partial charge in [0.05, 0.1) is 5.69 Å². The molecule has 2 rings (SSSR count). The molecule has 0 radical (unpaired) electrons. The first-order valence-corrected chi connectivity index (χ1v) is 6.25. The summed E-state index contributed by atoms with van der Waals surface area (Å²) >= 11 is 13.2. The van der Waals surface area contributed by atoms with Crippen LogP contribution in [0.2, 0.25) is 10.0 Å². The van der Waals surface area contributed by atoms with Gasteiger partial charge >= 0.3 is 0 Å². The zero-order valence-corrected chi connectivity index (χ0v) is 11.8. The standard InChI is InChI=1S/C10H9Cl2N3S.ClH/c11-8-2-1-7(10(12)3-8)4-13-5-9-6-16-15-14-9;/h1-3,6,13H,4-5H2;1H. The molecule has 0 saturated carbocycles. The Labute approximate surface area is 120 Å². The van der Waals surface area contributed by atoms with Crippen LogP contribution in [0.4, 0.5) is 0 Å². The van der Waals surface area contributed by atoms with Gasteiger partial charge in [0.25, 0.3) is 0 Å². The average molecular weight is 311 g/mol. The van der Waals surface area contributed by atoms with E-state index in [1.807, 2.05) is 17.5 Å². The molecule has 0 amide bonds. The summed E-state index contributed by atoms with van der Waals surface area (Å²) in [4.78, 5) is 0. The minimum absolute atomic E-state index is 0. The minimum atomic E-state index is 0. The fourth-order valence-corrected chi connectivity index (χ4v) is 2.18. The Morgan fingerprint density at radius 2 is 2.06 bits per heavy atom. The lowest BCUT2D eigenvalue weighted by Crippen LogP contribution is -2.13. The van der Waals surface area contributed by atoms with Gasteiger partial charge in [0.2, 0.25) is 0 Å².